The summed E-state index contributed by atoms with van der Waals surface area (Å²) in [4.78, 5) is 38.4. The maximum atomic E-state index is 12.4. The van der Waals surface area contributed by atoms with Gasteiger partial charge in [-0.15, -0.1) is 0 Å². The monoisotopic (exact) mass is 307 g/mol. The van der Waals surface area contributed by atoms with Crippen LogP contribution in [0.2, 0.25) is 0 Å². The van der Waals surface area contributed by atoms with Crippen molar-refractivity contribution < 1.29 is 14.4 Å². The molecule has 1 saturated heterocycles. The number of piperazine rings is 1. The minimum absolute atomic E-state index is 0.116. The molecule has 0 saturated carbocycles. The van der Waals surface area contributed by atoms with Gasteiger partial charge in [0.1, 0.15) is 12.6 Å². The Morgan fingerprint density at radius 2 is 2.00 bits per heavy atom. The Morgan fingerprint density at radius 3 is 2.50 bits per heavy atom. The van der Waals surface area contributed by atoms with Crippen LogP contribution in [0.15, 0.2) is 6.07 Å². The van der Waals surface area contributed by atoms with Crippen molar-refractivity contribution in [3.05, 3.63) is 17.5 Å². The maximum absolute atomic E-state index is 12.4. The first-order chi connectivity index (χ1) is 10.3. The number of hydrogen-bond donors (Lipinski definition) is 1. The van der Waals surface area contributed by atoms with Gasteiger partial charge in [0.25, 0.3) is 0 Å². The minimum Gasteiger partial charge on any atom is -0.368 e. The first-order valence-electron chi connectivity index (χ1n) is 7.15. The van der Waals surface area contributed by atoms with E-state index in [1.807, 2.05) is 19.9 Å². The number of amides is 3. The number of nitrogens with zero attached hydrogens (tertiary/aromatic N) is 4. The van der Waals surface area contributed by atoms with Crippen molar-refractivity contribution in [2.45, 2.75) is 33.4 Å². The summed E-state index contributed by atoms with van der Waals surface area (Å²) in [5.74, 6) is -0.950. The van der Waals surface area contributed by atoms with Crippen LogP contribution in [0.5, 0.6) is 0 Å². The number of primary amides is 1. The molecule has 1 aromatic rings. The Bertz CT molecular complexity index is 610. The third-order valence-corrected chi connectivity index (χ3v) is 3.85. The van der Waals surface area contributed by atoms with Gasteiger partial charge in [-0.25, -0.2) is 0 Å². The molecule has 2 heterocycles. The molecule has 0 aliphatic carbocycles. The van der Waals surface area contributed by atoms with Crippen LogP contribution in [0.3, 0.4) is 0 Å². The number of aromatic nitrogens is 2. The summed E-state index contributed by atoms with van der Waals surface area (Å²) in [5, 5.41) is 4.26. The zero-order chi connectivity index (χ0) is 16.4. The van der Waals surface area contributed by atoms with E-state index in [-0.39, 0.29) is 24.9 Å². The summed E-state index contributed by atoms with van der Waals surface area (Å²) in [6.45, 7) is 6.09. The Hall–Kier alpha value is -2.38. The molecule has 0 radical (unpaired) electrons. The third-order valence-electron chi connectivity index (χ3n) is 3.85. The smallest absolute Gasteiger partial charge is 0.244 e. The van der Waals surface area contributed by atoms with E-state index < -0.39 is 11.9 Å². The van der Waals surface area contributed by atoms with Gasteiger partial charge in [-0.3, -0.25) is 19.1 Å². The van der Waals surface area contributed by atoms with Gasteiger partial charge < -0.3 is 15.5 Å². The Morgan fingerprint density at radius 1 is 1.32 bits per heavy atom. The molecule has 1 unspecified atom stereocenters. The van der Waals surface area contributed by atoms with Crippen LogP contribution in [0.1, 0.15) is 18.3 Å². The zero-order valence-corrected chi connectivity index (χ0v) is 13.1. The minimum atomic E-state index is -0.768. The Balaban J connectivity index is 2.07. The predicted octanol–water partition coefficient (Wildman–Crippen LogP) is -0.955. The fraction of sp³-hybridized carbons (Fsp3) is 0.571. The molecule has 8 nitrogen and oxygen atoms in total. The summed E-state index contributed by atoms with van der Waals surface area (Å²) in [6.07, 6.45) is 0. The van der Waals surface area contributed by atoms with E-state index >= 15 is 0 Å². The van der Waals surface area contributed by atoms with Crippen LogP contribution in [-0.2, 0) is 20.9 Å². The Kier molecular flexibility index (Phi) is 4.48. The predicted molar refractivity (Wildman–Crippen MR) is 78.7 cm³/mol. The molecule has 1 aliphatic heterocycles. The molecular formula is C14H21N5O3. The van der Waals surface area contributed by atoms with Crippen LogP contribution < -0.4 is 5.73 Å². The number of rotatable bonds is 3. The van der Waals surface area contributed by atoms with Gasteiger partial charge in [0.05, 0.1) is 12.2 Å². The molecular weight excluding hydrogens is 286 g/mol. The van der Waals surface area contributed by atoms with E-state index in [2.05, 4.69) is 5.10 Å². The summed E-state index contributed by atoms with van der Waals surface area (Å²) in [5.41, 5.74) is 7.10. The lowest BCUT2D eigenvalue weighted by molar-refractivity contribution is -0.146. The van der Waals surface area contributed by atoms with Gasteiger partial charge >= 0.3 is 0 Å². The van der Waals surface area contributed by atoms with Gasteiger partial charge in [0.15, 0.2) is 0 Å². The second kappa shape index (κ2) is 6.17. The Labute approximate surface area is 128 Å². The molecule has 1 aromatic heterocycles. The van der Waals surface area contributed by atoms with Crippen molar-refractivity contribution >= 4 is 17.7 Å². The molecule has 3 amide bonds. The quantitative estimate of drug-likeness (QED) is 0.777. The molecule has 8 heteroatoms. The second-order valence-corrected chi connectivity index (χ2v) is 5.56. The molecule has 1 aliphatic rings. The van der Waals surface area contributed by atoms with Crippen LogP contribution >= 0.6 is 0 Å². The van der Waals surface area contributed by atoms with E-state index in [1.165, 1.54) is 11.8 Å². The highest BCUT2D eigenvalue weighted by Gasteiger charge is 2.34. The number of aryl methyl sites for hydroxylation is 2. The van der Waals surface area contributed by atoms with Crippen molar-refractivity contribution in [1.29, 1.82) is 0 Å². The molecule has 1 fully saturated rings. The molecule has 2 rings (SSSR count). The van der Waals surface area contributed by atoms with Crippen molar-refractivity contribution in [2.75, 3.05) is 19.6 Å². The second-order valence-electron chi connectivity index (χ2n) is 5.56. The van der Waals surface area contributed by atoms with Gasteiger partial charge in [0, 0.05) is 25.7 Å². The average Bonchev–Trinajstić information content (AvgIpc) is 2.75. The number of carbonyl (C=O) groups is 3. The lowest BCUT2D eigenvalue weighted by atomic mass is 10.1. The largest absolute Gasteiger partial charge is 0.368 e. The van der Waals surface area contributed by atoms with Gasteiger partial charge in [-0.2, -0.15) is 5.10 Å². The van der Waals surface area contributed by atoms with E-state index in [0.29, 0.717) is 13.1 Å². The van der Waals surface area contributed by atoms with E-state index in [1.54, 1.807) is 9.58 Å². The average molecular weight is 307 g/mol. The molecule has 0 aromatic carbocycles. The first-order valence-corrected chi connectivity index (χ1v) is 7.15. The number of carbonyl (C=O) groups excluding carboxylic acids is 3. The van der Waals surface area contributed by atoms with Crippen molar-refractivity contribution in [1.82, 2.24) is 19.6 Å². The molecule has 2 N–H and O–H groups in total. The van der Waals surface area contributed by atoms with Crippen molar-refractivity contribution in [3.63, 3.8) is 0 Å². The number of hydrogen-bond acceptors (Lipinski definition) is 4. The van der Waals surface area contributed by atoms with Gasteiger partial charge in [-0.1, -0.05) is 0 Å². The summed E-state index contributed by atoms with van der Waals surface area (Å²) < 4.78 is 1.63. The fourth-order valence-electron chi connectivity index (χ4n) is 2.69. The highest BCUT2D eigenvalue weighted by molar-refractivity contribution is 5.87. The lowest BCUT2D eigenvalue weighted by Gasteiger charge is -2.39. The van der Waals surface area contributed by atoms with Crippen LogP contribution in [0.4, 0.5) is 0 Å². The third kappa shape index (κ3) is 3.26. The topological polar surface area (TPSA) is 102 Å². The highest BCUT2D eigenvalue weighted by atomic mass is 16.2. The van der Waals surface area contributed by atoms with Gasteiger partial charge in [-0.05, 0) is 19.9 Å². The molecule has 0 spiro atoms. The SMILES string of the molecule is CC(=O)N1CCN(C(=O)Cn2nc(C)cc2C)CC1C(N)=O. The molecule has 22 heavy (non-hydrogen) atoms. The highest BCUT2D eigenvalue weighted by Crippen LogP contribution is 2.11. The first kappa shape index (κ1) is 16.0. The zero-order valence-electron chi connectivity index (χ0n) is 13.1. The van der Waals surface area contributed by atoms with Crippen LogP contribution in [0.25, 0.3) is 0 Å². The summed E-state index contributed by atoms with van der Waals surface area (Å²) >= 11 is 0. The van der Waals surface area contributed by atoms with Crippen molar-refractivity contribution in [3.8, 4) is 0 Å². The van der Waals surface area contributed by atoms with E-state index in [4.69, 9.17) is 5.73 Å². The van der Waals surface area contributed by atoms with Crippen molar-refractivity contribution in [2.24, 2.45) is 5.73 Å². The molecule has 1 atom stereocenters. The molecule has 120 valence electrons. The van der Waals surface area contributed by atoms with Crippen LogP contribution in [0, 0.1) is 13.8 Å². The standard InChI is InChI=1S/C14H21N5O3/c1-9-6-10(2)19(16-9)8-13(21)17-4-5-18(11(3)20)12(7-17)14(15)22/h6,12H,4-5,7-8H2,1-3H3,(H2,15,22). The van der Waals surface area contributed by atoms with Gasteiger partial charge in [0.2, 0.25) is 17.7 Å². The normalized spacial score (nSPS) is 18.4. The summed E-state index contributed by atoms with van der Waals surface area (Å²) in [6, 6.07) is 1.13. The summed E-state index contributed by atoms with van der Waals surface area (Å²) in [7, 11) is 0. The fourth-order valence-corrected chi connectivity index (χ4v) is 2.69. The van der Waals surface area contributed by atoms with Crippen LogP contribution in [-0.4, -0.2) is 63.0 Å². The van der Waals surface area contributed by atoms with E-state index in [0.717, 1.165) is 11.4 Å². The maximum Gasteiger partial charge on any atom is 0.244 e. The molecule has 0 bridgehead atoms. The lowest BCUT2D eigenvalue weighted by Crippen LogP contribution is -2.60. The van der Waals surface area contributed by atoms with E-state index in [9.17, 15) is 14.4 Å². The number of nitrogens with two attached hydrogens (primary N) is 1.